The van der Waals surface area contributed by atoms with Crippen LogP contribution in [0.1, 0.15) is 16.1 Å². The number of hydrogen-bond acceptors (Lipinski definition) is 11. The zero-order chi connectivity index (χ0) is 23.4. The highest BCUT2D eigenvalue weighted by Crippen LogP contribution is 2.28. The molecule has 0 spiro atoms. The Kier molecular flexibility index (Phi) is 5.71. The third kappa shape index (κ3) is 4.34. The second kappa shape index (κ2) is 8.93. The summed E-state index contributed by atoms with van der Waals surface area (Å²) in [5.41, 5.74) is 9.33. The fourth-order valence-corrected chi connectivity index (χ4v) is 2.85. The van der Waals surface area contributed by atoms with Gasteiger partial charge >= 0.3 is 0 Å². The number of hydrogen-bond donors (Lipinski definition) is 2. The van der Waals surface area contributed by atoms with Crippen molar-refractivity contribution in [2.24, 2.45) is 5.10 Å². The number of aromatic nitrogens is 5. The molecule has 0 fully saturated rings. The first-order valence-electron chi connectivity index (χ1n) is 9.24. The van der Waals surface area contributed by atoms with Crippen molar-refractivity contribution in [1.82, 2.24) is 30.7 Å². The maximum absolute atomic E-state index is 12.8. The van der Waals surface area contributed by atoms with Gasteiger partial charge in [0, 0.05) is 17.7 Å². The van der Waals surface area contributed by atoms with E-state index in [9.17, 15) is 14.9 Å². The number of nitrogens with zero attached hydrogens (tertiary/aromatic N) is 7. The summed E-state index contributed by atoms with van der Waals surface area (Å²) in [6, 6.07) is 12.5. The molecule has 3 N–H and O–H groups in total. The zero-order valence-electron chi connectivity index (χ0n) is 16.9. The maximum atomic E-state index is 12.8. The van der Waals surface area contributed by atoms with Crippen LogP contribution in [0.15, 0.2) is 58.3 Å². The number of benzene rings is 2. The summed E-state index contributed by atoms with van der Waals surface area (Å²) < 4.78 is 11.1. The fraction of sp³-hybridized carbons (Fsp3) is 0.0526. The van der Waals surface area contributed by atoms with Crippen molar-refractivity contribution in [1.29, 1.82) is 0 Å². The molecule has 0 bridgehead atoms. The zero-order valence-corrected chi connectivity index (χ0v) is 16.9. The molecule has 4 rings (SSSR count). The third-order valence-corrected chi connectivity index (χ3v) is 4.41. The standard InChI is InChI=1S/C19H15N9O5/c1-32-14-4-2-3-12(9-14)16-15(22-26-27(16)18-17(20)24-33-25-18)19(29)23-21-10-11-5-7-13(8-6-11)28(30)31/h2-10H,1H3,(H2,20,24)(H,23,29)/b21-10+. The molecule has 33 heavy (non-hydrogen) atoms. The minimum Gasteiger partial charge on any atom is -0.497 e. The van der Waals surface area contributed by atoms with Crippen LogP contribution in [-0.2, 0) is 0 Å². The quantitative estimate of drug-likeness (QED) is 0.238. The van der Waals surface area contributed by atoms with Crippen LogP contribution in [0.2, 0.25) is 0 Å². The van der Waals surface area contributed by atoms with E-state index in [2.05, 4.69) is 35.8 Å². The number of nitrogens with two attached hydrogens (primary N) is 1. The van der Waals surface area contributed by atoms with Crippen LogP contribution < -0.4 is 15.9 Å². The molecule has 0 atom stereocenters. The SMILES string of the molecule is COc1cccc(-c2c(C(=O)N/N=C/c3ccc([N+](=O)[O-])cc3)nnn2-c2nonc2N)c1. The maximum Gasteiger partial charge on any atom is 0.294 e. The number of nitro groups is 1. The molecular formula is C19H15N9O5. The number of methoxy groups -OCH3 is 1. The normalized spacial score (nSPS) is 10.9. The molecule has 0 aliphatic rings. The van der Waals surface area contributed by atoms with Crippen molar-refractivity contribution in [3.63, 3.8) is 0 Å². The van der Waals surface area contributed by atoms with Gasteiger partial charge in [0.25, 0.3) is 11.6 Å². The number of hydrazone groups is 1. The molecule has 4 aromatic rings. The number of nitro benzene ring substituents is 1. The van der Waals surface area contributed by atoms with Crippen LogP contribution >= 0.6 is 0 Å². The van der Waals surface area contributed by atoms with Crippen molar-refractivity contribution < 1.29 is 19.1 Å². The average molecular weight is 449 g/mol. The first-order chi connectivity index (χ1) is 16.0. The van der Waals surface area contributed by atoms with Gasteiger partial charge < -0.3 is 10.5 Å². The number of carbonyl (C=O) groups excluding carboxylic acids is 1. The Morgan fingerprint density at radius 1 is 1.27 bits per heavy atom. The van der Waals surface area contributed by atoms with Gasteiger partial charge in [0.05, 0.1) is 18.2 Å². The van der Waals surface area contributed by atoms with Crippen LogP contribution in [0.4, 0.5) is 11.5 Å². The number of rotatable bonds is 7. The van der Waals surface area contributed by atoms with Gasteiger partial charge in [-0.25, -0.2) is 10.1 Å². The lowest BCUT2D eigenvalue weighted by Gasteiger charge is -2.07. The monoisotopic (exact) mass is 449 g/mol. The lowest BCUT2D eigenvalue weighted by atomic mass is 10.1. The molecule has 14 heteroatoms. The second-order valence-corrected chi connectivity index (χ2v) is 6.45. The van der Waals surface area contributed by atoms with E-state index in [0.717, 1.165) is 0 Å². The van der Waals surface area contributed by atoms with E-state index in [-0.39, 0.29) is 28.7 Å². The van der Waals surface area contributed by atoms with Gasteiger partial charge in [-0.15, -0.1) is 5.10 Å². The number of nitrogen functional groups attached to an aromatic ring is 1. The number of non-ortho nitro benzene ring substituents is 1. The van der Waals surface area contributed by atoms with Gasteiger partial charge in [-0.2, -0.15) is 9.78 Å². The van der Waals surface area contributed by atoms with Crippen molar-refractivity contribution in [2.75, 3.05) is 12.8 Å². The van der Waals surface area contributed by atoms with E-state index < -0.39 is 10.8 Å². The van der Waals surface area contributed by atoms with Crippen molar-refractivity contribution in [3.8, 4) is 22.8 Å². The van der Waals surface area contributed by atoms with Crippen molar-refractivity contribution in [3.05, 3.63) is 69.9 Å². The lowest BCUT2D eigenvalue weighted by Crippen LogP contribution is -2.19. The molecule has 0 aliphatic carbocycles. The third-order valence-electron chi connectivity index (χ3n) is 4.41. The molecule has 1 amide bonds. The minimum atomic E-state index is -0.674. The van der Waals surface area contributed by atoms with Crippen LogP contribution in [0, 0.1) is 10.1 Å². The number of ether oxygens (including phenoxy) is 1. The fourth-order valence-electron chi connectivity index (χ4n) is 2.85. The van der Waals surface area contributed by atoms with Gasteiger partial charge in [-0.1, -0.05) is 17.3 Å². The van der Waals surface area contributed by atoms with E-state index in [4.69, 9.17) is 10.5 Å². The summed E-state index contributed by atoms with van der Waals surface area (Å²) in [6.07, 6.45) is 1.33. The number of anilines is 1. The summed E-state index contributed by atoms with van der Waals surface area (Å²) in [4.78, 5) is 23.1. The molecule has 2 aromatic carbocycles. The highest BCUT2D eigenvalue weighted by Gasteiger charge is 2.25. The average Bonchev–Trinajstić information content (AvgIpc) is 3.45. The highest BCUT2D eigenvalue weighted by atomic mass is 16.6. The Balaban J connectivity index is 1.65. The van der Waals surface area contributed by atoms with E-state index >= 15 is 0 Å². The number of amides is 1. The Morgan fingerprint density at radius 2 is 2.06 bits per heavy atom. The van der Waals surface area contributed by atoms with Crippen molar-refractivity contribution in [2.45, 2.75) is 0 Å². The molecule has 0 aliphatic heterocycles. The van der Waals surface area contributed by atoms with E-state index in [1.54, 1.807) is 24.3 Å². The topological polar surface area (TPSA) is 189 Å². The lowest BCUT2D eigenvalue weighted by molar-refractivity contribution is -0.384. The molecule has 0 saturated heterocycles. The van der Waals surface area contributed by atoms with Gasteiger partial charge in [-0.05, 0) is 40.1 Å². The smallest absolute Gasteiger partial charge is 0.294 e. The van der Waals surface area contributed by atoms with Crippen molar-refractivity contribution >= 4 is 23.6 Å². The summed E-state index contributed by atoms with van der Waals surface area (Å²) in [6.45, 7) is 0. The Labute approximate surface area is 184 Å². The largest absolute Gasteiger partial charge is 0.497 e. The molecule has 2 aromatic heterocycles. The van der Waals surface area contributed by atoms with Gasteiger partial charge in [0.2, 0.25) is 11.6 Å². The molecule has 0 radical (unpaired) electrons. The first kappa shape index (κ1) is 21.1. The van der Waals surface area contributed by atoms with Gasteiger partial charge in [0.15, 0.2) is 5.69 Å². The predicted molar refractivity (Wildman–Crippen MR) is 114 cm³/mol. The second-order valence-electron chi connectivity index (χ2n) is 6.45. The highest BCUT2D eigenvalue weighted by molar-refractivity contribution is 5.99. The predicted octanol–water partition coefficient (Wildman–Crippen LogP) is 1.58. The summed E-state index contributed by atoms with van der Waals surface area (Å²) in [7, 11) is 1.51. The van der Waals surface area contributed by atoms with Crippen LogP contribution in [-0.4, -0.2) is 49.5 Å². The van der Waals surface area contributed by atoms with Crippen LogP contribution in [0.5, 0.6) is 5.75 Å². The summed E-state index contributed by atoms with van der Waals surface area (Å²) in [5, 5.41) is 29.8. The molecule has 166 valence electrons. The van der Waals surface area contributed by atoms with E-state index in [0.29, 0.717) is 16.9 Å². The summed E-state index contributed by atoms with van der Waals surface area (Å²) >= 11 is 0. The van der Waals surface area contributed by atoms with Gasteiger partial charge in [0.1, 0.15) is 11.4 Å². The molecule has 0 saturated carbocycles. The van der Waals surface area contributed by atoms with Crippen LogP contribution in [0.3, 0.4) is 0 Å². The minimum absolute atomic E-state index is 0.0489. The van der Waals surface area contributed by atoms with E-state index in [1.807, 2.05) is 0 Å². The molecular weight excluding hydrogens is 434 g/mol. The van der Waals surface area contributed by atoms with Crippen LogP contribution in [0.25, 0.3) is 17.1 Å². The molecule has 14 nitrogen and oxygen atoms in total. The Morgan fingerprint density at radius 3 is 2.73 bits per heavy atom. The number of carbonyl (C=O) groups is 1. The number of nitrogens with one attached hydrogen (secondary N) is 1. The molecule has 0 unspecified atom stereocenters. The van der Waals surface area contributed by atoms with E-state index in [1.165, 1.54) is 42.3 Å². The first-order valence-corrected chi connectivity index (χ1v) is 9.24. The van der Waals surface area contributed by atoms with Gasteiger partial charge in [-0.3, -0.25) is 14.9 Å². The molecule has 2 heterocycles. The summed E-state index contributed by atoms with van der Waals surface area (Å²) in [5.74, 6) is -0.137. The Bertz CT molecular complexity index is 1340. The Hall–Kier alpha value is -5.14.